The lowest BCUT2D eigenvalue weighted by Gasteiger charge is -2.07. The first-order valence-corrected chi connectivity index (χ1v) is 6.24. The topological polar surface area (TPSA) is 54.4 Å². The Morgan fingerprint density at radius 2 is 2.00 bits per heavy atom. The van der Waals surface area contributed by atoms with Gasteiger partial charge in [-0.25, -0.2) is 8.42 Å². The Balaban J connectivity index is 3.30. The highest BCUT2D eigenvalue weighted by Gasteiger charge is 2.12. The lowest BCUT2D eigenvalue weighted by molar-refractivity contribution is 0.298. The van der Waals surface area contributed by atoms with Gasteiger partial charge in [-0.05, 0) is 30.5 Å². The number of aliphatic hydroxyl groups is 1. The Bertz CT molecular complexity index is 421. The van der Waals surface area contributed by atoms with Crippen LogP contribution < -0.4 is 0 Å². The van der Waals surface area contributed by atoms with Crippen LogP contribution in [0.4, 0.5) is 0 Å². The molecule has 78 valence electrons. The molecular formula is C10H14O3S. The van der Waals surface area contributed by atoms with Crippen molar-refractivity contribution in [2.24, 2.45) is 0 Å². The van der Waals surface area contributed by atoms with Gasteiger partial charge in [0.1, 0.15) is 0 Å². The SMILES string of the molecule is Cc1ccc(CCO)c(S(C)(=O)=O)c1. The summed E-state index contributed by atoms with van der Waals surface area (Å²) in [6.45, 7) is 1.81. The average Bonchev–Trinajstić information content (AvgIpc) is 2.07. The minimum absolute atomic E-state index is 0.0361. The molecule has 0 aliphatic heterocycles. The van der Waals surface area contributed by atoms with E-state index in [4.69, 9.17) is 5.11 Å². The van der Waals surface area contributed by atoms with Crippen LogP contribution in [0.2, 0.25) is 0 Å². The molecule has 3 nitrogen and oxygen atoms in total. The maximum Gasteiger partial charge on any atom is 0.175 e. The summed E-state index contributed by atoms with van der Waals surface area (Å²) in [6, 6.07) is 5.24. The molecule has 1 aromatic rings. The van der Waals surface area contributed by atoms with E-state index >= 15 is 0 Å². The Hall–Kier alpha value is -0.870. The summed E-state index contributed by atoms with van der Waals surface area (Å²) in [5, 5.41) is 8.78. The minimum Gasteiger partial charge on any atom is -0.396 e. The van der Waals surface area contributed by atoms with Crippen molar-refractivity contribution in [1.29, 1.82) is 0 Å². The monoisotopic (exact) mass is 214 g/mol. The highest BCUT2D eigenvalue weighted by Crippen LogP contribution is 2.17. The van der Waals surface area contributed by atoms with E-state index in [2.05, 4.69) is 0 Å². The van der Waals surface area contributed by atoms with Crippen molar-refractivity contribution in [3.8, 4) is 0 Å². The molecule has 0 unspecified atom stereocenters. The van der Waals surface area contributed by atoms with Gasteiger partial charge in [0.25, 0.3) is 0 Å². The molecule has 0 aromatic heterocycles. The maximum absolute atomic E-state index is 11.4. The van der Waals surface area contributed by atoms with Crippen LogP contribution in [0.1, 0.15) is 11.1 Å². The zero-order valence-corrected chi connectivity index (χ0v) is 9.13. The van der Waals surface area contributed by atoms with Gasteiger partial charge in [0, 0.05) is 12.9 Å². The van der Waals surface area contributed by atoms with Crippen LogP contribution in [0.25, 0.3) is 0 Å². The van der Waals surface area contributed by atoms with E-state index in [1.165, 1.54) is 6.26 Å². The lowest BCUT2D eigenvalue weighted by atomic mass is 10.1. The van der Waals surface area contributed by atoms with Crippen LogP contribution in [0.3, 0.4) is 0 Å². The number of aliphatic hydroxyl groups excluding tert-OH is 1. The first kappa shape index (κ1) is 11.2. The molecule has 4 heteroatoms. The molecule has 1 aromatic carbocycles. The van der Waals surface area contributed by atoms with Crippen molar-refractivity contribution < 1.29 is 13.5 Å². The minimum atomic E-state index is -3.19. The Kier molecular flexibility index (Phi) is 3.29. The fourth-order valence-electron chi connectivity index (χ4n) is 1.33. The fraction of sp³-hybridized carbons (Fsp3) is 0.400. The van der Waals surface area contributed by atoms with Crippen LogP contribution in [0, 0.1) is 6.92 Å². The van der Waals surface area contributed by atoms with Gasteiger partial charge in [-0.2, -0.15) is 0 Å². The third-order valence-corrected chi connectivity index (χ3v) is 3.18. The van der Waals surface area contributed by atoms with Crippen molar-refractivity contribution in [3.63, 3.8) is 0 Å². The standard InChI is InChI=1S/C10H14O3S/c1-8-3-4-9(5-6-11)10(7-8)14(2,12)13/h3-4,7,11H,5-6H2,1-2H3. The van der Waals surface area contributed by atoms with Crippen LogP contribution in [0.5, 0.6) is 0 Å². The Morgan fingerprint density at radius 3 is 2.50 bits per heavy atom. The van der Waals surface area contributed by atoms with Crippen molar-refractivity contribution in [2.45, 2.75) is 18.2 Å². The molecule has 0 saturated heterocycles. The molecule has 0 bridgehead atoms. The van der Waals surface area contributed by atoms with Crippen molar-refractivity contribution in [2.75, 3.05) is 12.9 Å². The van der Waals surface area contributed by atoms with Crippen molar-refractivity contribution in [3.05, 3.63) is 29.3 Å². The first-order chi connectivity index (χ1) is 6.45. The third kappa shape index (κ3) is 2.56. The fourth-order valence-corrected chi connectivity index (χ4v) is 2.38. The molecule has 14 heavy (non-hydrogen) atoms. The molecule has 0 aliphatic rings. The molecule has 0 spiro atoms. The Labute approximate surface area is 84.3 Å². The van der Waals surface area contributed by atoms with Gasteiger partial charge in [0.2, 0.25) is 0 Å². The van der Waals surface area contributed by atoms with E-state index in [-0.39, 0.29) is 6.61 Å². The quantitative estimate of drug-likeness (QED) is 0.814. The number of sulfone groups is 1. The molecule has 1 N–H and O–H groups in total. The highest BCUT2D eigenvalue weighted by molar-refractivity contribution is 7.90. The summed E-state index contributed by atoms with van der Waals surface area (Å²) in [7, 11) is -3.19. The molecule has 0 aliphatic carbocycles. The van der Waals surface area contributed by atoms with Crippen LogP contribution in [0.15, 0.2) is 23.1 Å². The summed E-state index contributed by atoms with van der Waals surface area (Å²) >= 11 is 0. The molecule has 1 rings (SSSR count). The number of aryl methyl sites for hydroxylation is 1. The molecular weight excluding hydrogens is 200 g/mol. The van der Waals surface area contributed by atoms with Gasteiger partial charge in [-0.15, -0.1) is 0 Å². The smallest absolute Gasteiger partial charge is 0.175 e. The van der Waals surface area contributed by atoms with Crippen LogP contribution in [-0.4, -0.2) is 26.4 Å². The normalized spacial score (nSPS) is 11.6. The summed E-state index contributed by atoms with van der Waals surface area (Å²) in [5.74, 6) is 0. The number of hydrogen-bond acceptors (Lipinski definition) is 3. The predicted molar refractivity (Wildman–Crippen MR) is 55.1 cm³/mol. The molecule has 0 atom stereocenters. The lowest BCUT2D eigenvalue weighted by Crippen LogP contribution is -2.04. The first-order valence-electron chi connectivity index (χ1n) is 4.35. The van der Waals surface area contributed by atoms with Gasteiger partial charge >= 0.3 is 0 Å². The van der Waals surface area contributed by atoms with E-state index in [0.717, 1.165) is 5.56 Å². The molecule has 0 fully saturated rings. The third-order valence-electron chi connectivity index (χ3n) is 2.00. The summed E-state index contributed by atoms with van der Waals surface area (Å²) in [4.78, 5) is 0.326. The zero-order chi connectivity index (χ0) is 10.8. The maximum atomic E-state index is 11.4. The molecule has 0 heterocycles. The van der Waals surface area contributed by atoms with Crippen LogP contribution >= 0.6 is 0 Å². The van der Waals surface area contributed by atoms with Gasteiger partial charge in [0.15, 0.2) is 9.84 Å². The molecule has 0 saturated carbocycles. The van der Waals surface area contributed by atoms with Gasteiger partial charge in [-0.3, -0.25) is 0 Å². The van der Waals surface area contributed by atoms with Gasteiger partial charge < -0.3 is 5.11 Å². The second-order valence-electron chi connectivity index (χ2n) is 3.36. The highest BCUT2D eigenvalue weighted by atomic mass is 32.2. The van der Waals surface area contributed by atoms with Crippen molar-refractivity contribution >= 4 is 9.84 Å². The second kappa shape index (κ2) is 4.11. The number of rotatable bonds is 3. The van der Waals surface area contributed by atoms with Crippen LogP contribution in [-0.2, 0) is 16.3 Å². The average molecular weight is 214 g/mol. The van der Waals surface area contributed by atoms with E-state index in [1.807, 2.05) is 13.0 Å². The van der Waals surface area contributed by atoms with E-state index in [0.29, 0.717) is 16.9 Å². The molecule has 0 radical (unpaired) electrons. The largest absolute Gasteiger partial charge is 0.396 e. The van der Waals surface area contributed by atoms with E-state index in [9.17, 15) is 8.42 Å². The van der Waals surface area contributed by atoms with E-state index in [1.54, 1.807) is 12.1 Å². The summed E-state index contributed by atoms with van der Waals surface area (Å²) in [6.07, 6.45) is 1.56. The zero-order valence-electron chi connectivity index (χ0n) is 8.32. The number of benzene rings is 1. The van der Waals surface area contributed by atoms with Crippen molar-refractivity contribution in [1.82, 2.24) is 0 Å². The predicted octanol–water partition coefficient (Wildman–Crippen LogP) is 0.933. The van der Waals surface area contributed by atoms with E-state index < -0.39 is 9.84 Å². The van der Waals surface area contributed by atoms with Gasteiger partial charge in [-0.1, -0.05) is 12.1 Å². The summed E-state index contributed by atoms with van der Waals surface area (Å²) in [5.41, 5.74) is 1.59. The Morgan fingerprint density at radius 1 is 1.36 bits per heavy atom. The van der Waals surface area contributed by atoms with Gasteiger partial charge in [0.05, 0.1) is 4.90 Å². The number of hydrogen-bond donors (Lipinski definition) is 1. The summed E-state index contributed by atoms with van der Waals surface area (Å²) < 4.78 is 22.8. The second-order valence-corrected chi connectivity index (χ2v) is 5.34. The molecule has 0 amide bonds.